The molecular weight excluding hydrogens is 271 g/mol. The summed E-state index contributed by atoms with van der Waals surface area (Å²) in [7, 11) is -3.28. The normalized spacial score (nSPS) is 19.7. The van der Waals surface area contributed by atoms with Gasteiger partial charge in [-0.3, -0.25) is 4.79 Å². The largest absolute Gasteiger partial charge is 0.337 e. The van der Waals surface area contributed by atoms with E-state index in [0.717, 1.165) is 6.26 Å². The summed E-state index contributed by atoms with van der Waals surface area (Å²) in [4.78, 5) is 13.6. The van der Waals surface area contributed by atoms with Gasteiger partial charge in [0.1, 0.15) is 5.82 Å². The van der Waals surface area contributed by atoms with Crippen LogP contribution in [0.2, 0.25) is 0 Å². The molecule has 0 saturated carbocycles. The molecule has 1 saturated heterocycles. The Hall–Kier alpha value is -1.47. The van der Waals surface area contributed by atoms with Gasteiger partial charge in [-0.25, -0.2) is 17.5 Å². The lowest BCUT2D eigenvalue weighted by Crippen LogP contribution is -2.37. The fourth-order valence-corrected chi connectivity index (χ4v) is 2.95. The minimum Gasteiger partial charge on any atom is -0.337 e. The summed E-state index contributed by atoms with van der Waals surface area (Å²) >= 11 is 0. The van der Waals surface area contributed by atoms with Crippen LogP contribution < -0.4 is 4.72 Å². The maximum Gasteiger partial charge on any atom is 0.254 e. The minimum absolute atomic E-state index is 0.271. The highest BCUT2D eigenvalue weighted by molar-refractivity contribution is 7.88. The van der Waals surface area contributed by atoms with E-state index in [9.17, 15) is 17.6 Å². The zero-order valence-electron chi connectivity index (χ0n) is 10.5. The van der Waals surface area contributed by atoms with E-state index in [1.54, 1.807) is 6.07 Å². The van der Waals surface area contributed by atoms with Crippen LogP contribution in [0.1, 0.15) is 16.8 Å². The maximum absolute atomic E-state index is 13.1. The van der Waals surface area contributed by atoms with E-state index < -0.39 is 15.8 Å². The van der Waals surface area contributed by atoms with Gasteiger partial charge in [0, 0.05) is 24.7 Å². The average molecular weight is 286 g/mol. The summed E-state index contributed by atoms with van der Waals surface area (Å²) in [5.74, 6) is -0.742. The molecule has 0 aliphatic carbocycles. The van der Waals surface area contributed by atoms with Gasteiger partial charge in [0.25, 0.3) is 5.91 Å². The minimum atomic E-state index is -3.28. The second-order valence-corrected chi connectivity index (χ2v) is 6.42. The predicted octanol–water partition coefficient (Wildman–Crippen LogP) is 0.589. The summed E-state index contributed by atoms with van der Waals surface area (Å²) in [5, 5.41) is 0. The maximum atomic E-state index is 13.1. The Morgan fingerprint density at radius 1 is 1.47 bits per heavy atom. The predicted molar refractivity (Wildman–Crippen MR) is 68.7 cm³/mol. The Balaban J connectivity index is 2.03. The van der Waals surface area contributed by atoms with Gasteiger partial charge in [0.2, 0.25) is 10.0 Å². The zero-order chi connectivity index (χ0) is 14.0. The molecule has 19 heavy (non-hydrogen) atoms. The lowest BCUT2D eigenvalue weighted by molar-refractivity contribution is 0.0789. The highest BCUT2D eigenvalue weighted by Gasteiger charge is 2.28. The number of hydrogen-bond acceptors (Lipinski definition) is 3. The Morgan fingerprint density at radius 3 is 2.84 bits per heavy atom. The van der Waals surface area contributed by atoms with Crippen LogP contribution >= 0.6 is 0 Å². The molecule has 0 aromatic heterocycles. The number of nitrogens with zero attached hydrogens (tertiary/aromatic N) is 1. The zero-order valence-corrected chi connectivity index (χ0v) is 11.3. The molecule has 1 aliphatic rings. The van der Waals surface area contributed by atoms with E-state index in [1.807, 2.05) is 0 Å². The van der Waals surface area contributed by atoms with Crippen molar-refractivity contribution in [1.82, 2.24) is 9.62 Å². The summed E-state index contributed by atoms with van der Waals surface area (Å²) < 4.78 is 37.7. The monoisotopic (exact) mass is 286 g/mol. The van der Waals surface area contributed by atoms with E-state index in [-0.39, 0.29) is 17.5 Å². The van der Waals surface area contributed by atoms with E-state index in [4.69, 9.17) is 0 Å². The first-order valence-electron chi connectivity index (χ1n) is 5.87. The molecule has 1 atom stereocenters. The number of sulfonamides is 1. The lowest BCUT2D eigenvalue weighted by atomic mass is 10.2. The molecule has 0 radical (unpaired) electrons. The van der Waals surface area contributed by atoms with Crippen molar-refractivity contribution in [2.45, 2.75) is 12.5 Å². The number of nitrogens with one attached hydrogen (secondary N) is 1. The van der Waals surface area contributed by atoms with E-state index >= 15 is 0 Å². The number of carbonyl (C=O) groups is 1. The number of hydrogen-bond donors (Lipinski definition) is 1. The van der Waals surface area contributed by atoms with Crippen LogP contribution in [0, 0.1) is 5.82 Å². The fraction of sp³-hybridized carbons (Fsp3) is 0.417. The van der Waals surface area contributed by atoms with Crippen LogP contribution in [0.5, 0.6) is 0 Å². The first-order chi connectivity index (χ1) is 8.85. The van der Waals surface area contributed by atoms with Crippen LogP contribution in [0.4, 0.5) is 4.39 Å². The molecule has 1 amide bonds. The van der Waals surface area contributed by atoms with Gasteiger partial charge in [0.05, 0.1) is 6.26 Å². The van der Waals surface area contributed by atoms with Crippen molar-refractivity contribution < 1.29 is 17.6 Å². The molecule has 5 nitrogen and oxygen atoms in total. The average Bonchev–Trinajstić information content (AvgIpc) is 2.74. The lowest BCUT2D eigenvalue weighted by Gasteiger charge is -2.16. The third-order valence-corrected chi connectivity index (χ3v) is 3.69. The Kier molecular flexibility index (Phi) is 3.86. The molecule has 1 fully saturated rings. The fourth-order valence-electron chi connectivity index (χ4n) is 2.15. The van der Waals surface area contributed by atoms with Gasteiger partial charge in [-0.15, -0.1) is 0 Å². The van der Waals surface area contributed by atoms with Gasteiger partial charge in [-0.05, 0) is 24.6 Å². The van der Waals surface area contributed by atoms with Gasteiger partial charge in [-0.2, -0.15) is 0 Å². The van der Waals surface area contributed by atoms with Gasteiger partial charge < -0.3 is 4.90 Å². The highest BCUT2D eigenvalue weighted by Crippen LogP contribution is 2.14. The molecule has 1 aromatic rings. The van der Waals surface area contributed by atoms with Crippen LogP contribution in [-0.4, -0.2) is 44.6 Å². The topological polar surface area (TPSA) is 66.5 Å². The first kappa shape index (κ1) is 14.0. The standard InChI is InChI=1S/C12H15FN2O3S/c1-19(17,18)14-11-5-6-15(8-11)12(16)9-3-2-4-10(13)7-9/h2-4,7,11,14H,5-6,8H2,1H3/t11-/m1/s1. The number of halogens is 1. The number of amides is 1. The van der Waals surface area contributed by atoms with Crippen LogP contribution in [0.3, 0.4) is 0 Å². The third-order valence-electron chi connectivity index (χ3n) is 2.93. The molecule has 0 unspecified atom stereocenters. The second kappa shape index (κ2) is 5.26. The molecule has 1 N–H and O–H groups in total. The van der Waals surface area contributed by atoms with Crippen molar-refractivity contribution >= 4 is 15.9 Å². The van der Waals surface area contributed by atoms with Crippen molar-refractivity contribution in [2.75, 3.05) is 19.3 Å². The van der Waals surface area contributed by atoms with E-state index in [2.05, 4.69) is 4.72 Å². The number of likely N-dealkylation sites (tertiary alicyclic amines) is 1. The second-order valence-electron chi connectivity index (χ2n) is 4.64. The van der Waals surface area contributed by atoms with Gasteiger partial charge >= 0.3 is 0 Å². The van der Waals surface area contributed by atoms with Crippen LogP contribution in [-0.2, 0) is 10.0 Å². The molecule has 2 rings (SSSR count). The summed E-state index contributed by atoms with van der Waals surface area (Å²) in [6.45, 7) is 0.769. The molecule has 1 aromatic carbocycles. The van der Waals surface area contributed by atoms with Crippen molar-refractivity contribution in [3.05, 3.63) is 35.6 Å². The van der Waals surface area contributed by atoms with Crippen molar-refractivity contribution in [3.63, 3.8) is 0 Å². The molecular formula is C12H15FN2O3S. The van der Waals surface area contributed by atoms with Gasteiger partial charge in [0.15, 0.2) is 0 Å². The molecule has 0 spiro atoms. The quantitative estimate of drug-likeness (QED) is 0.884. The smallest absolute Gasteiger partial charge is 0.254 e. The Labute approximate surface area is 111 Å². The van der Waals surface area contributed by atoms with Crippen LogP contribution in [0.25, 0.3) is 0 Å². The first-order valence-corrected chi connectivity index (χ1v) is 7.76. The SMILES string of the molecule is CS(=O)(=O)N[C@@H]1CCN(C(=O)c2cccc(F)c2)C1. The summed E-state index contributed by atoms with van der Waals surface area (Å²) in [6.07, 6.45) is 1.65. The summed E-state index contributed by atoms with van der Waals surface area (Å²) in [5.41, 5.74) is 0.278. The number of carbonyl (C=O) groups excluding carboxylic acids is 1. The number of benzene rings is 1. The van der Waals surface area contributed by atoms with Crippen molar-refractivity contribution in [2.24, 2.45) is 0 Å². The third kappa shape index (κ3) is 3.74. The highest BCUT2D eigenvalue weighted by atomic mass is 32.2. The molecule has 104 valence electrons. The van der Waals surface area contributed by atoms with E-state index in [0.29, 0.717) is 19.5 Å². The van der Waals surface area contributed by atoms with Crippen LogP contribution in [0.15, 0.2) is 24.3 Å². The molecule has 0 bridgehead atoms. The van der Waals surface area contributed by atoms with Crippen molar-refractivity contribution in [3.8, 4) is 0 Å². The molecule has 1 aliphatic heterocycles. The Bertz CT molecular complexity index is 588. The van der Waals surface area contributed by atoms with Gasteiger partial charge in [-0.1, -0.05) is 6.07 Å². The molecule has 1 heterocycles. The summed E-state index contributed by atoms with van der Waals surface area (Å²) in [6, 6.07) is 5.20. The van der Waals surface area contributed by atoms with Crippen molar-refractivity contribution in [1.29, 1.82) is 0 Å². The number of rotatable bonds is 3. The molecule has 7 heteroatoms. The van der Waals surface area contributed by atoms with E-state index in [1.165, 1.54) is 23.1 Å². The Morgan fingerprint density at radius 2 is 2.21 bits per heavy atom.